The first kappa shape index (κ1) is 16.2. The molecule has 3 rings (SSSR count). The van der Waals surface area contributed by atoms with E-state index in [1.165, 1.54) is 18.2 Å². The highest BCUT2D eigenvalue weighted by atomic mass is 19.4. The fourth-order valence-corrected chi connectivity index (χ4v) is 2.36. The van der Waals surface area contributed by atoms with E-state index in [0.717, 1.165) is 17.7 Å². The van der Waals surface area contributed by atoms with Crippen molar-refractivity contribution in [2.45, 2.75) is 12.6 Å². The molecule has 0 fully saturated rings. The molecule has 1 aliphatic rings. The maximum absolute atomic E-state index is 12.3. The number of alkyl halides is 3. The summed E-state index contributed by atoms with van der Waals surface area (Å²) in [5.74, 6) is 0.458. The lowest BCUT2D eigenvalue weighted by molar-refractivity contribution is -0.153. The molecule has 0 bridgehead atoms. The van der Waals surface area contributed by atoms with Crippen LogP contribution < -0.4 is 14.8 Å². The zero-order valence-electron chi connectivity index (χ0n) is 12.5. The van der Waals surface area contributed by atoms with Gasteiger partial charge in [-0.1, -0.05) is 6.07 Å². The molecule has 0 aromatic heterocycles. The second kappa shape index (κ2) is 6.43. The summed E-state index contributed by atoms with van der Waals surface area (Å²) in [4.78, 5) is 12.3. The number of benzene rings is 2. The van der Waals surface area contributed by atoms with E-state index in [1.54, 1.807) is 24.3 Å². The van der Waals surface area contributed by atoms with Crippen LogP contribution >= 0.6 is 0 Å². The molecule has 1 N–H and O–H groups in total. The number of hydrogen-bond acceptors (Lipinski definition) is 3. The van der Waals surface area contributed by atoms with E-state index in [9.17, 15) is 18.0 Å². The summed E-state index contributed by atoms with van der Waals surface area (Å²) in [5.41, 5.74) is 1.78. The van der Waals surface area contributed by atoms with Crippen LogP contribution in [0.5, 0.6) is 11.5 Å². The monoisotopic (exact) mass is 337 g/mol. The van der Waals surface area contributed by atoms with Crippen molar-refractivity contribution in [2.24, 2.45) is 0 Å². The molecule has 24 heavy (non-hydrogen) atoms. The van der Waals surface area contributed by atoms with Crippen molar-refractivity contribution < 1.29 is 27.4 Å². The van der Waals surface area contributed by atoms with Crippen LogP contribution in [0, 0.1) is 0 Å². The molecule has 126 valence electrons. The van der Waals surface area contributed by atoms with Crippen molar-refractivity contribution in [3.63, 3.8) is 0 Å². The highest BCUT2D eigenvalue weighted by molar-refractivity contribution is 6.04. The van der Waals surface area contributed by atoms with E-state index >= 15 is 0 Å². The third kappa shape index (κ3) is 3.98. The molecular formula is C17H14F3NO3. The number of rotatable bonds is 4. The van der Waals surface area contributed by atoms with Crippen LogP contribution in [0.3, 0.4) is 0 Å². The molecule has 2 aromatic carbocycles. The van der Waals surface area contributed by atoms with Crippen LogP contribution in [0.25, 0.3) is 0 Å². The SMILES string of the molecule is O=C(Nc1cccc(OCC(F)(F)F)c1)c1ccc2c(c1)CCO2. The summed E-state index contributed by atoms with van der Waals surface area (Å²) < 4.78 is 46.6. The zero-order chi connectivity index (χ0) is 17.2. The lowest BCUT2D eigenvalue weighted by atomic mass is 10.1. The zero-order valence-corrected chi connectivity index (χ0v) is 12.5. The number of hydrogen-bond donors (Lipinski definition) is 1. The van der Waals surface area contributed by atoms with Gasteiger partial charge in [0.2, 0.25) is 0 Å². The van der Waals surface area contributed by atoms with E-state index in [-0.39, 0.29) is 11.7 Å². The van der Waals surface area contributed by atoms with Gasteiger partial charge in [-0.05, 0) is 35.9 Å². The fourth-order valence-electron chi connectivity index (χ4n) is 2.36. The fraction of sp³-hybridized carbons (Fsp3) is 0.235. The topological polar surface area (TPSA) is 47.6 Å². The molecule has 0 radical (unpaired) electrons. The normalized spacial score (nSPS) is 13.1. The summed E-state index contributed by atoms with van der Waals surface area (Å²) in [6.45, 7) is -0.784. The quantitative estimate of drug-likeness (QED) is 0.923. The minimum atomic E-state index is -4.41. The number of ether oxygens (including phenoxy) is 2. The van der Waals surface area contributed by atoms with Crippen LogP contribution in [0.4, 0.5) is 18.9 Å². The predicted octanol–water partition coefficient (Wildman–Crippen LogP) is 3.81. The van der Waals surface area contributed by atoms with E-state index < -0.39 is 12.8 Å². The van der Waals surface area contributed by atoms with Gasteiger partial charge in [-0.3, -0.25) is 4.79 Å². The van der Waals surface area contributed by atoms with Gasteiger partial charge < -0.3 is 14.8 Å². The Hall–Kier alpha value is -2.70. The van der Waals surface area contributed by atoms with Gasteiger partial charge in [0.1, 0.15) is 11.5 Å². The van der Waals surface area contributed by atoms with Gasteiger partial charge in [-0.2, -0.15) is 13.2 Å². The number of nitrogens with one attached hydrogen (secondary N) is 1. The van der Waals surface area contributed by atoms with E-state index in [2.05, 4.69) is 10.1 Å². The molecule has 4 nitrogen and oxygen atoms in total. The van der Waals surface area contributed by atoms with Crippen molar-refractivity contribution in [3.8, 4) is 11.5 Å². The Labute approximate surface area is 136 Å². The molecule has 7 heteroatoms. The number of carbonyl (C=O) groups is 1. The van der Waals surface area contributed by atoms with Gasteiger partial charge in [0.05, 0.1) is 6.61 Å². The Morgan fingerprint density at radius 2 is 2.04 bits per heavy atom. The summed E-state index contributed by atoms with van der Waals surface area (Å²) >= 11 is 0. The third-order valence-electron chi connectivity index (χ3n) is 3.45. The van der Waals surface area contributed by atoms with Crippen molar-refractivity contribution in [1.29, 1.82) is 0 Å². The van der Waals surface area contributed by atoms with Gasteiger partial charge in [-0.25, -0.2) is 0 Å². The summed E-state index contributed by atoms with van der Waals surface area (Å²) in [7, 11) is 0. The first-order valence-electron chi connectivity index (χ1n) is 7.27. The predicted molar refractivity (Wildman–Crippen MR) is 81.6 cm³/mol. The van der Waals surface area contributed by atoms with Crippen molar-refractivity contribution in [2.75, 3.05) is 18.5 Å². The smallest absolute Gasteiger partial charge is 0.422 e. The molecular weight excluding hydrogens is 323 g/mol. The third-order valence-corrected chi connectivity index (χ3v) is 3.45. The van der Waals surface area contributed by atoms with Gasteiger partial charge in [0.25, 0.3) is 5.91 Å². The minimum Gasteiger partial charge on any atom is -0.493 e. The lowest BCUT2D eigenvalue weighted by Crippen LogP contribution is -2.19. The Kier molecular flexibility index (Phi) is 4.33. The van der Waals surface area contributed by atoms with Crippen LogP contribution in [0.1, 0.15) is 15.9 Å². The Bertz CT molecular complexity index is 759. The number of anilines is 1. The summed E-state index contributed by atoms with van der Waals surface area (Å²) in [6, 6.07) is 11.0. The largest absolute Gasteiger partial charge is 0.493 e. The second-order valence-electron chi connectivity index (χ2n) is 5.31. The number of carbonyl (C=O) groups excluding carboxylic acids is 1. The van der Waals surface area contributed by atoms with E-state index in [4.69, 9.17) is 4.74 Å². The van der Waals surface area contributed by atoms with Gasteiger partial charge in [-0.15, -0.1) is 0 Å². The Balaban J connectivity index is 1.68. The van der Waals surface area contributed by atoms with Crippen LogP contribution in [-0.4, -0.2) is 25.3 Å². The van der Waals surface area contributed by atoms with Crippen molar-refractivity contribution in [1.82, 2.24) is 0 Å². The standard InChI is InChI=1S/C17H14F3NO3/c18-17(19,20)10-24-14-3-1-2-13(9-14)21-16(22)12-4-5-15-11(8-12)6-7-23-15/h1-5,8-9H,6-7,10H2,(H,21,22). The number of fused-ring (bicyclic) bond motifs is 1. The minimum absolute atomic E-state index is 0.0347. The van der Waals surface area contributed by atoms with Crippen LogP contribution in [0.2, 0.25) is 0 Å². The lowest BCUT2D eigenvalue weighted by Gasteiger charge is -2.11. The van der Waals surface area contributed by atoms with Crippen molar-refractivity contribution >= 4 is 11.6 Å². The van der Waals surface area contributed by atoms with Gasteiger partial charge in [0, 0.05) is 23.7 Å². The van der Waals surface area contributed by atoms with E-state index in [1.807, 2.05) is 0 Å². The summed E-state index contributed by atoms with van der Waals surface area (Å²) in [5, 5.41) is 2.65. The highest BCUT2D eigenvalue weighted by Gasteiger charge is 2.28. The first-order valence-corrected chi connectivity index (χ1v) is 7.27. The van der Waals surface area contributed by atoms with Crippen LogP contribution in [-0.2, 0) is 6.42 Å². The average molecular weight is 337 g/mol. The average Bonchev–Trinajstić information content (AvgIpc) is 3.00. The molecule has 1 heterocycles. The highest BCUT2D eigenvalue weighted by Crippen LogP contribution is 2.26. The van der Waals surface area contributed by atoms with Gasteiger partial charge in [0.15, 0.2) is 6.61 Å². The molecule has 0 unspecified atom stereocenters. The number of halogens is 3. The molecule has 0 saturated heterocycles. The molecule has 0 aliphatic carbocycles. The van der Waals surface area contributed by atoms with Crippen LogP contribution in [0.15, 0.2) is 42.5 Å². The molecule has 0 saturated carbocycles. The maximum Gasteiger partial charge on any atom is 0.422 e. The van der Waals surface area contributed by atoms with Crippen molar-refractivity contribution in [3.05, 3.63) is 53.6 Å². The molecule has 0 spiro atoms. The Morgan fingerprint density at radius 1 is 1.21 bits per heavy atom. The first-order chi connectivity index (χ1) is 11.4. The second-order valence-corrected chi connectivity index (χ2v) is 5.31. The maximum atomic E-state index is 12.3. The molecule has 0 atom stereocenters. The van der Waals surface area contributed by atoms with Gasteiger partial charge >= 0.3 is 6.18 Å². The molecule has 1 amide bonds. The number of amides is 1. The molecule has 1 aliphatic heterocycles. The molecule has 2 aromatic rings. The van der Waals surface area contributed by atoms with E-state index in [0.29, 0.717) is 17.9 Å². The Morgan fingerprint density at radius 3 is 2.83 bits per heavy atom. The summed E-state index contributed by atoms with van der Waals surface area (Å²) in [6.07, 6.45) is -3.66.